The third kappa shape index (κ3) is 5.59. The third-order valence-corrected chi connectivity index (χ3v) is 3.10. The number of carbonyl (C=O) groups excluding carboxylic acids is 1. The Bertz CT molecular complexity index is 383. The van der Waals surface area contributed by atoms with Gasteiger partial charge in [0.2, 0.25) is 5.91 Å². The van der Waals surface area contributed by atoms with Gasteiger partial charge in [0, 0.05) is 19.5 Å². The van der Waals surface area contributed by atoms with E-state index in [4.69, 9.17) is 0 Å². The lowest BCUT2D eigenvalue weighted by atomic mass is 10.2. The van der Waals surface area contributed by atoms with E-state index in [0.29, 0.717) is 6.42 Å². The average molecular weight is 277 g/mol. The summed E-state index contributed by atoms with van der Waals surface area (Å²) in [4.78, 5) is 18.4. The van der Waals surface area contributed by atoms with Gasteiger partial charge in [-0.25, -0.2) is 4.98 Å². The molecule has 4 heteroatoms. The molecule has 1 aromatic heterocycles. The van der Waals surface area contributed by atoms with Crippen molar-refractivity contribution < 1.29 is 4.79 Å². The van der Waals surface area contributed by atoms with Gasteiger partial charge in [-0.2, -0.15) is 0 Å². The number of amides is 1. The summed E-state index contributed by atoms with van der Waals surface area (Å²) in [6, 6.07) is 3.92. The molecule has 1 amide bonds. The van der Waals surface area contributed by atoms with Crippen LogP contribution in [0.2, 0.25) is 0 Å². The summed E-state index contributed by atoms with van der Waals surface area (Å²) in [5.74, 6) is 1.06. The van der Waals surface area contributed by atoms with Crippen LogP contribution in [0.5, 0.6) is 0 Å². The first-order chi connectivity index (χ1) is 9.71. The lowest BCUT2D eigenvalue weighted by Gasteiger charge is -2.22. The van der Waals surface area contributed by atoms with E-state index >= 15 is 0 Å². The van der Waals surface area contributed by atoms with Crippen LogP contribution in [0.1, 0.15) is 52.9 Å². The summed E-state index contributed by atoms with van der Waals surface area (Å²) in [5.41, 5.74) is 0.780. The van der Waals surface area contributed by atoms with Crippen LogP contribution in [0.25, 0.3) is 0 Å². The number of anilines is 2. The predicted molar refractivity (Wildman–Crippen MR) is 85.2 cm³/mol. The van der Waals surface area contributed by atoms with E-state index in [1.165, 1.54) is 0 Å². The minimum atomic E-state index is 0.0698. The van der Waals surface area contributed by atoms with Crippen molar-refractivity contribution in [1.29, 1.82) is 0 Å². The Labute approximate surface area is 122 Å². The normalized spacial score (nSPS) is 10.3. The standard InChI is InChI=1S/C16H27N3O/c1-4-7-8-16(20)18-14-9-10-15(17-13-14)19(11-5-2)12-6-3/h9-10,13H,4-8,11-12H2,1-3H3,(H,18,20). The zero-order valence-corrected chi connectivity index (χ0v) is 13.0. The van der Waals surface area contributed by atoms with Crippen LogP contribution >= 0.6 is 0 Å². The molecule has 112 valence electrons. The molecule has 1 aromatic rings. The number of unbranched alkanes of at least 4 members (excludes halogenated alkanes) is 1. The molecule has 0 unspecified atom stereocenters. The molecule has 0 radical (unpaired) electrons. The van der Waals surface area contributed by atoms with Crippen molar-refractivity contribution in [3.63, 3.8) is 0 Å². The molecule has 0 aliphatic carbocycles. The smallest absolute Gasteiger partial charge is 0.224 e. The van der Waals surface area contributed by atoms with E-state index in [0.717, 1.165) is 50.3 Å². The monoisotopic (exact) mass is 277 g/mol. The second-order valence-corrected chi connectivity index (χ2v) is 5.04. The Morgan fingerprint density at radius 1 is 1.15 bits per heavy atom. The Hall–Kier alpha value is -1.58. The number of nitrogens with zero attached hydrogens (tertiary/aromatic N) is 2. The second kappa shape index (κ2) is 9.34. The van der Waals surface area contributed by atoms with Crippen molar-refractivity contribution >= 4 is 17.4 Å². The van der Waals surface area contributed by atoms with Gasteiger partial charge in [-0.05, 0) is 31.4 Å². The van der Waals surface area contributed by atoms with Crippen LogP contribution in [0.4, 0.5) is 11.5 Å². The fraction of sp³-hybridized carbons (Fsp3) is 0.625. The summed E-state index contributed by atoms with van der Waals surface area (Å²) >= 11 is 0. The maximum atomic E-state index is 11.6. The highest BCUT2D eigenvalue weighted by atomic mass is 16.1. The zero-order valence-electron chi connectivity index (χ0n) is 13.0. The summed E-state index contributed by atoms with van der Waals surface area (Å²) in [6.45, 7) is 8.46. The molecule has 4 nitrogen and oxygen atoms in total. The first kappa shape index (κ1) is 16.5. The van der Waals surface area contributed by atoms with Crippen LogP contribution in [0.15, 0.2) is 18.3 Å². The molecule has 0 aliphatic heterocycles. The maximum absolute atomic E-state index is 11.6. The van der Waals surface area contributed by atoms with Crippen molar-refractivity contribution in [2.45, 2.75) is 52.9 Å². The number of pyridine rings is 1. The van der Waals surface area contributed by atoms with Gasteiger partial charge in [-0.1, -0.05) is 27.2 Å². The van der Waals surface area contributed by atoms with Gasteiger partial charge < -0.3 is 10.2 Å². The lowest BCUT2D eigenvalue weighted by molar-refractivity contribution is -0.116. The lowest BCUT2D eigenvalue weighted by Crippen LogP contribution is -2.25. The van der Waals surface area contributed by atoms with Gasteiger partial charge in [0.25, 0.3) is 0 Å². The van der Waals surface area contributed by atoms with E-state index in [-0.39, 0.29) is 5.91 Å². The van der Waals surface area contributed by atoms with Gasteiger partial charge in [0.05, 0.1) is 11.9 Å². The Balaban J connectivity index is 2.60. The minimum absolute atomic E-state index is 0.0698. The summed E-state index contributed by atoms with van der Waals surface area (Å²) < 4.78 is 0. The molecule has 0 spiro atoms. The topological polar surface area (TPSA) is 45.2 Å². The van der Waals surface area contributed by atoms with Crippen LogP contribution in [-0.4, -0.2) is 24.0 Å². The maximum Gasteiger partial charge on any atom is 0.224 e. The quantitative estimate of drug-likeness (QED) is 0.746. The van der Waals surface area contributed by atoms with Gasteiger partial charge in [-0.15, -0.1) is 0 Å². The molecule has 1 N–H and O–H groups in total. The molecule has 20 heavy (non-hydrogen) atoms. The molecular weight excluding hydrogens is 250 g/mol. The Morgan fingerprint density at radius 3 is 2.35 bits per heavy atom. The average Bonchev–Trinajstić information content (AvgIpc) is 2.46. The van der Waals surface area contributed by atoms with Crippen molar-refractivity contribution in [2.75, 3.05) is 23.3 Å². The van der Waals surface area contributed by atoms with Crippen molar-refractivity contribution in [3.05, 3.63) is 18.3 Å². The molecule has 0 aliphatic rings. The number of hydrogen-bond donors (Lipinski definition) is 1. The van der Waals surface area contributed by atoms with Crippen molar-refractivity contribution in [2.24, 2.45) is 0 Å². The highest BCUT2D eigenvalue weighted by Gasteiger charge is 2.07. The summed E-state index contributed by atoms with van der Waals surface area (Å²) in [5, 5.41) is 2.89. The number of rotatable bonds is 9. The molecule has 0 aromatic carbocycles. The Morgan fingerprint density at radius 2 is 1.85 bits per heavy atom. The minimum Gasteiger partial charge on any atom is -0.357 e. The number of aromatic nitrogens is 1. The van der Waals surface area contributed by atoms with Crippen LogP contribution in [-0.2, 0) is 4.79 Å². The number of carbonyl (C=O) groups is 1. The van der Waals surface area contributed by atoms with Gasteiger partial charge in [0.15, 0.2) is 0 Å². The van der Waals surface area contributed by atoms with E-state index in [2.05, 4.69) is 36.0 Å². The first-order valence-corrected chi connectivity index (χ1v) is 7.72. The van der Waals surface area contributed by atoms with E-state index in [9.17, 15) is 4.79 Å². The van der Waals surface area contributed by atoms with Crippen LogP contribution in [0, 0.1) is 0 Å². The third-order valence-electron chi connectivity index (χ3n) is 3.10. The predicted octanol–water partition coefficient (Wildman–Crippen LogP) is 3.84. The van der Waals surface area contributed by atoms with Gasteiger partial charge >= 0.3 is 0 Å². The second-order valence-electron chi connectivity index (χ2n) is 5.04. The molecule has 1 rings (SSSR count). The van der Waals surface area contributed by atoms with E-state index in [1.807, 2.05) is 12.1 Å². The molecular formula is C16H27N3O. The van der Waals surface area contributed by atoms with Crippen LogP contribution in [0.3, 0.4) is 0 Å². The van der Waals surface area contributed by atoms with Crippen molar-refractivity contribution in [1.82, 2.24) is 4.98 Å². The van der Waals surface area contributed by atoms with E-state index in [1.54, 1.807) is 6.20 Å². The van der Waals surface area contributed by atoms with Gasteiger partial charge in [-0.3, -0.25) is 4.79 Å². The zero-order chi connectivity index (χ0) is 14.8. The molecule has 0 atom stereocenters. The fourth-order valence-corrected chi connectivity index (χ4v) is 2.09. The number of hydrogen-bond acceptors (Lipinski definition) is 3. The van der Waals surface area contributed by atoms with E-state index < -0.39 is 0 Å². The molecule has 0 fully saturated rings. The summed E-state index contributed by atoms with van der Waals surface area (Å²) in [7, 11) is 0. The largest absolute Gasteiger partial charge is 0.357 e. The molecule has 0 bridgehead atoms. The first-order valence-electron chi connectivity index (χ1n) is 7.72. The molecule has 1 heterocycles. The highest BCUT2D eigenvalue weighted by molar-refractivity contribution is 5.90. The SMILES string of the molecule is CCCCC(=O)Nc1ccc(N(CCC)CCC)nc1. The van der Waals surface area contributed by atoms with Gasteiger partial charge in [0.1, 0.15) is 5.82 Å². The summed E-state index contributed by atoms with van der Waals surface area (Å²) in [6.07, 6.45) is 6.51. The number of nitrogens with one attached hydrogen (secondary N) is 1. The van der Waals surface area contributed by atoms with Crippen molar-refractivity contribution in [3.8, 4) is 0 Å². The molecule has 0 saturated heterocycles. The highest BCUT2D eigenvalue weighted by Crippen LogP contribution is 2.15. The Kier molecular flexibility index (Phi) is 7.70. The fourth-order valence-electron chi connectivity index (χ4n) is 2.09. The van der Waals surface area contributed by atoms with Crippen LogP contribution < -0.4 is 10.2 Å². The molecule has 0 saturated carbocycles.